The molecule has 136 valence electrons. The van der Waals surface area contributed by atoms with Crippen molar-refractivity contribution < 1.29 is 27.9 Å². The van der Waals surface area contributed by atoms with Crippen LogP contribution in [0.4, 0.5) is 5.00 Å². The minimum atomic E-state index is -3.58. The Labute approximate surface area is 145 Å². The van der Waals surface area contributed by atoms with Gasteiger partial charge in [-0.1, -0.05) is 6.92 Å². The predicted molar refractivity (Wildman–Crippen MR) is 92.3 cm³/mol. The highest BCUT2D eigenvalue weighted by molar-refractivity contribution is 7.89. The fourth-order valence-electron chi connectivity index (χ4n) is 2.13. The first-order valence-electron chi connectivity index (χ1n) is 7.33. The molecule has 0 fully saturated rings. The summed E-state index contributed by atoms with van der Waals surface area (Å²) in [5.41, 5.74) is 0.735. The van der Waals surface area contributed by atoms with Crippen LogP contribution in [0.3, 0.4) is 0 Å². The molecule has 3 N–H and O–H groups in total. The number of rotatable bonds is 10. The number of ether oxygens (including phenoxy) is 1. The molecule has 24 heavy (non-hydrogen) atoms. The summed E-state index contributed by atoms with van der Waals surface area (Å²) in [6, 6.07) is 0. The minimum Gasteiger partial charge on any atom is -0.478 e. The molecule has 0 aromatic carbocycles. The lowest BCUT2D eigenvalue weighted by molar-refractivity contribution is -0.115. The Morgan fingerprint density at radius 3 is 2.54 bits per heavy atom. The molecule has 1 amide bonds. The highest BCUT2D eigenvalue weighted by Gasteiger charge is 2.22. The third-order valence-electron chi connectivity index (χ3n) is 3.24. The monoisotopic (exact) mass is 378 g/mol. The predicted octanol–water partition coefficient (Wildman–Crippen LogP) is 1.21. The minimum absolute atomic E-state index is 0.0660. The van der Waals surface area contributed by atoms with Crippen molar-refractivity contribution in [3.63, 3.8) is 0 Å². The van der Waals surface area contributed by atoms with Crippen molar-refractivity contribution in [3.8, 4) is 0 Å². The fraction of sp³-hybridized carbons (Fsp3) is 0.571. The van der Waals surface area contributed by atoms with Crippen LogP contribution in [-0.2, 0) is 26.0 Å². The molecule has 0 atom stereocenters. The third kappa shape index (κ3) is 5.86. The van der Waals surface area contributed by atoms with E-state index < -0.39 is 28.4 Å². The number of carboxylic acid groups (broad SMARTS) is 1. The molecule has 8 nitrogen and oxygen atoms in total. The zero-order valence-electron chi connectivity index (χ0n) is 13.8. The molecule has 0 aliphatic heterocycles. The van der Waals surface area contributed by atoms with Crippen molar-refractivity contribution in [2.75, 3.05) is 31.3 Å². The first-order valence-corrected chi connectivity index (χ1v) is 9.80. The number of amides is 1. The van der Waals surface area contributed by atoms with Gasteiger partial charge in [0.2, 0.25) is 15.9 Å². The number of anilines is 1. The lowest BCUT2D eigenvalue weighted by Crippen LogP contribution is -2.34. The molecule has 1 aromatic rings. The van der Waals surface area contributed by atoms with Gasteiger partial charge in [0.15, 0.2) is 0 Å². The van der Waals surface area contributed by atoms with E-state index >= 15 is 0 Å². The van der Waals surface area contributed by atoms with Crippen LogP contribution >= 0.6 is 11.3 Å². The van der Waals surface area contributed by atoms with Gasteiger partial charge in [0.25, 0.3) is 0 Å². The summed E-state index contributed by atoms with van der Waals surface area (Å²) in [6.45, 7) is 3.47. The number of aromatic carboxylic acids is 1. The van der Waals surface area contributed by atoms with Crippen LogP contribution in [0.15, 0.2) is 0 Å². The number of aryl methyl sites for hydroxylation is 1. The molecular formula is C14H22N2O6S2. The van der Waals surface area contributed by atoms with E-state index in [1.807, 2.05) is 6.92 Å². The van der Waals surface area contributed by atoms with Gasteiger partial charge in [-0.2, -0.15) is 0 Å². The number of sulfonamides is 1. The molecule has 0 bridgehead atoms. The number of hydrogen-bond acceptors (Lipinski definition) is 6. The van der Waals surface area contributed by atoms with E-state index in [0.717, 1.165) is 4.88 Å². The third-order valence-corrected chi connectivity index (χ3v) is 5.72. The molecule has 0 radical (unpaired) electrons. The number of thiophene rings is 1. The number of hydrogen-bond donors (Lipinski definition) is 3. The maximum Gasteiger partial charge on any atom is 0.339 e. The average molecular weight is 378 g/mol. The topological polar surface area (TPSA) is 122 Å². The van der Waals surface area contributed by atoms with Gasteiger partial charge in [0.1, 0.15) is 5.00 Å². The highest BCUT2D eigenvalue weighted by atomic mass is 32.2. The molecule has 0 saturated heterocycles. The van der Waals surface area contributed by atoms with Crippen LogP contribution in [0, 0.1) is 6.92 Å². The Balaban J connectivity index is 2.71. The molecule has 0 aliphatic carbocycles. The molecule has 1 heterocycles. The SMILES string of the molecule is CCc1c(C)sc(NC(=O)CNS(=O)(=O)CCCOC)c1C(=O)O. The smallest absolute Gasteiger partial charge is 0.339 e. The molecule has 1 rings (SSSR count). The standard InChI is InChI=1S/C14H22N2O6S2/c1-4-10-9(2)23-13(12(10)14(18)19)16-11(17)8-15-24(20,21)7-5-6-22-3/h15H,4-8H2,1-3H3,(H,16,17)(H,18,19). The lowest BCUT2D eigenvalue weighted by Gasteiger charge is -2.07. The lowest BCUT2D eigenvalue weighted by atomic mass is 10.1. The van der Waals surface area contributed by atoms with E-state index in [2.05, 4.69) is 10.0 Å². The van der Waals surface area contributed by atoms with Crippen molar-refractivity contribution in [2.45, 2.75) is 26.7 Å². The molecule has 0 spiro atoms. The second-order valence-corrected chi connectivity index (χ2v) is 8.19. The zero-order valence-corrected chi connectivity index (χ0v) is 15.5. The van der Waals surface area contributed by atoms with Crippen molar-refractivity contribution in [2.24, 2.45) is 0 Å². The second kappa shape index (κ2) is 9.11. The summed E-state index contributed by atoms with van der Waals surface area (Å²) in [5, 5.41) is 12.0. The molecule has 0 saturated carbocycles. The molecule has 10 heteroatoms. The van der Waals surface area contributed by atoms with Gasteiger partial charge in [-0.25, -0.2) is 17.9 Å². The summed E-state index contributed by atoms with van der Waals surface area (Å²) < 4.78 is 30.4. The van der Waals surface area contributed by atoms with Crippen LogP contribution in [0.1, 0.15) is 34.1 Å². The van der Waals surface area contributed by atoms with Crippen molar-refractivity contribution >= 4 is 38.2 Å². The van der Waals surface area contributed by atoms with Crippen LogP contribution < -0.4 is 10.0 Å². The number of carboxylic acids is 1. The van der Waals surface area contributed by atoms with Crippen molar-refractivity contribution in [1.82, 2.24) is 4.72 Å². The molecule has 0 unspecified atom stereocenters. The quantitative estimate of drug-likeness (QED) is 0.526. The van der Waals surface area contributed by atoms with Gasteiger partial charge in [0, 0.05) is 18.6 Å². The van der Waals surface area contributed by atoms with Gasteiger partial charge in [-0.15, -0.1) is 11.3 Å². The highest BCUT2D eigenvalue weighted by Crippen LogP contribution is 2.33. The Morgan fingerprint density at radius 1 is 1.33 bits per heavy atom. The summed E-state index contributed by atoms with van der Waals surface area (Å²) >= 11 is 1.17. The van der Waals surface area contributed by atoms with Crippen LogP contribution in [0.25, 0.3) is 0 Å². The Hall–Kier alpha value is -1.49. The number of carbonyl (C=O) groups excluding carboxylic acids is 1. The molecule has 1 aromatic heterocycles. The maximum absolute atomic E-state index is 11.9. The molecular weight excluding hydrogens is 356 g/mol. The van der Waals surface area contributed by atoms with Crippen LogP contribution in [0.2, 0.25) is 0 Å². The number of carbonyl (C=O) groups is 2. The Morgan fingerprint density at radius 2 is 2.00 bits per heavy atom. The summed E-state index contributed by atoms with van der Waals surface area (Å²) in [6.07, 6.45) is 0.854. The molecule has 0 aliphatic rings. The average Bonchev–Trinajstić information content (AvgIpc) is 2.81. The van der Waals surface area contributed by atoms with E-state index in [9.17, 15) is 23.1 Å². The van der Waals surface area contributed by atoms with Crippen LogP contribution in [0.5, 0.6) is 0 Å². The maximum atomic E-state index is 11.9. The zero-order chi connectivity index (χ0) is 18.3. The first-order chi connectivity index (χ1) is 11.2. The Bertz CT molecular complexity index is 696. The van der Waals surface area contributed by atoms with E-state index in [1.54, 1.807) is 6.92 Å². The van der Waals surface area contributed by atoms with Crippen LogP contribution in [-0.4, -0.2) is 51.4 Å². The van der Waals surface area contributed by atoms with E-state index in [-0.39, 0.29) is 16.3 Å². The number of methoxy groups -OCH3 is 1. The van der Waals surface area contributed by atoms with E-state index in [1.165, 1.54) is 18.4 Å². The van der Waals surface area contributed by atoms with Gasteiger partial charge in [-0.3, -0.25) is 4.79 Å². The number of nitrogens with one attached hydrogen (secondary N) is 2. The van der Waals surface area contributed by atoms with Crippen molar-refractivity contribution in [3.05, 3.63) is 16.0 Å². The van der Waals surface area contributed by atoms with E-state index in [4.69, 9.17) is 4.74 Å². The summed E-state index contributed by atoms with van der Waals surface area (Å²) in [7, 11) is -2.11. The summed E-state index contributed by atoms with van der Waals surface area (Å²) in [4.78, 5) is 24.1. The van der Waals surface area contributed by atoms with E-state index in [0.29, 0.717) is 25.0 Å². The Kier molecular flexibility index (Phi) is 7.80. The van der Waals surface area contributed by atoms with Gasteiger partial charge >= 0.3 is 5.97 Å². The fourth-order valence-corrected chi connectivity index (χ4v) is 4.28. The first kappa shape index (κ1) is 20.6. The largest absolute Gasteiger partial charge is 0.478 e. The van der Waals surface area contributed by atoms with Gasteiger partial charge in [-0.05, 0) is 25.3 Å². The second-order valence-electron chi connectivity index (χ2n) is 5.03. The van der Waals surface area contributed by atoms with Gasteiger partial charge in [0.05, 0.1) is 17.9 Å². The van der Waals surface area contributed by atoms with Crippen molar-refractivity contribution in [1.29, 1.82) is 0 Å². The summed E-state index contributed by atoms with van der Waals surface area (Å²) in [5.74, 6) is -1.88. The van der Waals surface area contributed by atoms with Gasteiger partial charge < -0.3 is 15.2 Å². The normalized spacial score (nSPS) is 11.5.